The van der Waals surface area contributed by atoms with Gasteiger partial charge in [-0.15, -0.1) is 21.5 Å². The van der Waals surface area contributed by atoms with Gasteiger partial charge in [-0.2, -0.15) is 0 Å². The Morgan fingerprint density at radius 3 is 2.59 bits per heavy atom. The maximum Gasteiger partial charge on any atom is 0.266 e. The lowest BCUT2D eigenvalue weighted by Crippen LogP contribution is -2.27. The third-order valence-electron chi connectivity index (χ3n) is 3.87. The number of thiophene rings is 1. The predicted molar refractivity (Wildman–Crippen MR) is 115 cm³/mol. The number of hydrogen-bond donors (Lipinski definition) is 2. The number of carbonyl (C=O) groups excluding carboxylic acids is 2. The third kappa shape index (κ3) is 6.58. The molecular formula is C20H20N4O3S2. The Hall–Kier alpha value is -2.91. The van der Waals surface area contributed by atoms with E-state index in [4.69, 9.17) is 4.74 Å². The number of ether oxygens (including phenoxy) is 1. The van der Waals surface area contributed by atoms with Crippen molar-refractivity contribution in [2.45, 2.75) is 11.4 Å². The molecule has 2 heterocycles. The maximum absolute atomic E-state index is 12.0. The summed E-state index contributed by atoms with van der Waals surface area (Å²) in [6, 6.07) is 14.7. The van der Waals surface area contributed by atoms with E-state index >= 15 is 0 Å². The Morgan fingerprint density at radius 1 is 1.10 bits per heavy atom. The molecule has 0 unspecified atom stereocenters. The number of benzene rings is 1. The van der Waals surface area contributed by atoms with E-state index in [1.165, 1.54) is 23.1 Å². The fourth-order valence-electron chi connectivity index (χ4n) is 2.38. The highest BCUT2D eigenvalue weighted by Crippen LogP contribution is 2.16. The van der Waals surface area contributed by atoms with Crippen molar-refractivity contribution in [2.75, 3.05) is 24.7 Å². The number of nitrogens with zero attached hydrogens (tertiary/aromatic N) is 2. The second kappa shape index (κ2) is 10.6. The summed E-state index contributed by atoms with van der Waals surface area (Å²) >= 11 is 2.65. The first-order valence-electron chi connectivity index (χ1n) is 8.85. The Balaban J connectivity index is 1.37. The second-order valence-corrected chi connectivity index (χ2v) is 7.87. The third-order valence-corrected chi connectivity index (χ3v) is 5.66. The molecule has 7 nitrogen and oxygen atoms in total. The van der Waals surface area contributed by atoms with Crippen molar-refractivity contribution in [1.82, 2.24) is 15.5 Å². The number of carbonyl (C=O) groups is 2. The smallest absolute Gasteiger partial charge is 0.266 e. The van der Waals surface area contributed by atoms with Gasteiger partial charge in [-0.05, 0) is 47.7 Å². The molecular weight excluding hydrogens is 408 g/mol. The SMILES string of the molecule is COc1ccc(CCNC(=O)CSc2ccc(NC(=O)c3cccs3)nn2)cc1. The molecule has 0 saturated heterocycles. The first-order valence-corrected chi connectivity index (χ1v) is 10.7. The average molecular weight is 429 g/mol. The van der Waals surface area contributed by atoms with Gasteiger partial charge in [0.2, 0.25) is 5.91 Å². The molecule has 0 fully saturated rings. The van der Waals surface area contributed by atoms with E-state index in [1.807, 2.05) is 35.7 Å². The number of amides is 2. The molecule has 150 valence electrons. The van der Waals surface area contributed by atoms with Gasteiger partial charge in [0, 0.05) is 6.54 Å². The summed E-state index contributed by atoms with van der Waals surface area (Å²) in [7, 11) is 1.63. The van der Waals surface area contributed by atoms with Crippen molar-refractivity contribution in [3.8, 4) is 5.75 Å². The van der Waals surface area contributed by atoms with Crippen LogP contribution in [0.4, 0.5) is 5.82 Å². The summed E-state index contributed by atoms with van der Waals surface area (Å²) in [5, 5.41) is 16.0. The number of aromatic nitrogens is 2. The minimum Gasteiger partial charge on any atom is -0.497 e. The van der Waals surface area contributed by atoms with E-state index < -0.39 is 0 Å². The normalized spacial score (nSPS) is 10.4. The zero-order valence-corrected chi connectivity index (χ0v) is 17.4. The largest absolute Gasteiger partial charge is 0.497 e. The van der Waals surface area contributed by atoms with Crippen LogP contribution in [-0.4, -0.2) is 41.4 Å². The number of thioether (sulfide) groups is 1. The molecule has 0 radical (unpaired) electrons. The zero-order valence-electron chi connectivity index (χ0n) is 15.8. The van der Waals surface area contributed by atoms with E-state index in [9.17, 15) is 9.59 Å². The summed E-state index contributed by atoms with van der Waals surface area (Å²) in [6.45, 7) is 0.561. The number of rotatable bonds is 9. The summed E-state index contributed by atoms with van der Waals surface area (Å²) < 4.78 is 5.13. The molecule has 0 aliphatic carbocycles. The molecule has 3 aromatic rings. The fraction of sp³-hybridized carbons (Fsp3) is 0.200. The molecule has 0 aliphatic heterocycles. The zero-order chi connectivity index (χ0) is 20.5. The lowest BCUT2D eigenvalue weighted by Gasteiger charge is -2.06. The van der Waals surface area contributed by atoms with Crippen LogP contribution in [0.25, 0.3) is 0 Å². The number of hydrogen-bond acceptors (Lipinski definition) is 7. The molecule has 2 aromatic heterocycles. The molecule has 3 rings (SSSR count). The highest BCUT2D eigenvalue weighted by atomic mass is 32.2. The highest BCUT2D eigenvalue weighted by molar-refractivity contribution is 7.99. The topological polar surface area (TPSA) is 93.2 Å². The summed E-state index contributed by atoms with van der Waals surface area (Å²) in [4.78, 5) is 24.6. The summed E-state index contributed by atoms with van der Waals surface area (Å²) in [5.41, 5.74) is 1.13. The van der Waals surface area contributed by atoms with E-state index in [0.29, 0.717) is 22.3 Å². The van der Waals surface area contributed by atoms with Crippen LogP contribution in [0.1, 0.15) is 15.2 Å². The van der Waals surface area contributed by atoms with Crippen LogP contribution in [-0.2, 0) is 11.2 Å². The van der Waals surface area contributed by atoms with Crippen LogP contribution in [0, 0.1) is 0 Å². The number of nitrogens with one attached hydrogen (secondary N) is 2. The predicted octanol–water partition coefficient (Wildman–Crippen LogP) is 3.25. The minimum atomic E-state index is -0.217. The molecule has 0 aliphatic rings. The number of anilines is 1. The van der Waals surface area contributed by atoms with Gasteiger partial charge < -0.3 is 15.4 Å². The molecule has 0 spiro atoms. The van der Waals surface area contributed by atoms with Crippen LogP contribution < -0.4 is 15.4 Å². The van der Waals surface area contributed by atoms with Crippen molar-refractivity contribution >= 4 is 40.7 Å². The van der Waals surface area contributed by atoms with Gasteiger partial charge >= 0.3 is 0 Å². The van der Waals surface area contributed by atoms with Gasteiger partial charge in [-0.25, -0.2) is 0 Å². The monoisotopic (exact) mass is 428 g/mol. The Morgan fingerprint density at radius 2 is 1.93 bits per heavy atom. The molecule has 29 heavy (non-hydrogen) atoms. The van der Waals surface area contributed by atoms with Gasteiger partial charge in [-0.1, -0.05) is 30.0 Å². The van der Waals surface area contributed by atoms with E-state index in [1.54, 1.807) is 25.3 Å². The van der Waals surface area contributed by atoms with Crippen molar-refractivity contribution in [1.29, 1.82) is 0 Å². The summed E-state index contributed by atoms with van der Waals surface area (Å²) in [5.74, 6) is 1.15. The van der Waals surface area contributed by atoms with Crippen LogP contribution >= 0.6 is 23.1 Å². The van der Waals surface area contributed by atoms with Gasteiger partial charge in [0.25, 0.3) is 5.91 Å². The molecule has 0 atom stereocenters. The minimum absolute atomic E-state index is 0.0691. The second-order valence-electron chi connectivity index (χ2n) is 5.92. The molecule has 2 N–H and O–H groups in total. The standard InChI is InChI=1S/C20H20N4O3S2/c1-27-15-6-4-14(5-7-15)10-11-21-18(25)13-29-19-9-8-17(23-24-19)22-20(26)16-3-2-12-28-16/h2-9,12H,10-11,13H2,1H3,(H,21,25)(H,22,23,26). The van der Waals surface area contributed by atoms with Gasteiger partial charge in [0.05, 0.1) is 17.7 Å². The highest BCUT2D eigenvalue weighted by Gasteiger charge is 2.09. The molecule has 0 saturated carbocycles. The Bertz CT molecular complexity index is 929. The first kappa shape index (κ1) is 20.8. The molecule has 1 aromatic carbocycles. The Labute approximate surface area is 176 Å². The average Bonchev–Trinajstić information content (AvgIpc) is 3.29. The van der Waals surface area contributed by atoms with Gasteiger partial charge in [0.1, 0.15) is 10.8 Å². The summed E-state index contributed by atoms with van der Waals surface area (Å²) in [6.07, 6.45) is 0.749. The van der Waals surface area contributed by atoms with Crippen molar-refractivity contribution in [2.24, 2.45) is 0 Å². The van der Waals surface area contributed by atoms with Crippen molar-refractivity contribution < 1.29 is 14.3 Å². The van der Waals surface area contributed by atoms with Crippen LogP contribution in [0.15, 0.2) is 58.9 Å². The van der Waals surface area contributed by atoms with E-state index in [-0.39, 0.29) is 17.6 Å². The lowest BCUT2D eigenvalue weighted by atomic mass is 10.1. The van der Waals surface area contributed by atoms with Crippen LogP contribution in [0.3, 0.4) is 0 Å². The lowest BCUT2D eigenvalue weighted by molar-refractivity contribution is -0.118. The van der Waals surface area contributed by atoms with Gasteiger partial charge in [0.15, 0.2) is 5.82 Å². The van der Waals surface area contributed by atoms with E-state index in [0.717, 1.165) is 17.7 Å². The number of methoxy groups -OCH3 is 1. The van der Waals surface area contributed by atoms with Crippen LogP contribution in [0.2, 0.25) is 0 Å². The van der Waals surface area contributed by atoms with Gasteiger partial charge in [-0.3, -0.25) is 9.59 Å². The first-order chi connectivity index (χ1) is 14.1. The van der Waals surface area contributed by atoms with Crippen molar-refractivity contribution in [3.05, 3.63) is 64.4 Å². The molecule has 0 bridgehead atoms. The fourth-order valence-corrected chi connectivity index (χ4v) is 3.64. The molecule has 2 amide bonds. The quantitative estimate of drug-likeness (QED) is 0.508. The Kier molecular flexibility index (Phi) is 7.60. The van der Waals surface area contributed by atoms with E-state index in [2.05, 4.69) is 20.8 Å². The van der Waals surface area contributed by atoms with Crippen molar-refractivity contribution in [3.63, 3.8) is 0 Å². The maximum atomic E-state index is 12.0. The molecule has 9 heteroatoms. The van der Waals surface area contributed by atoms with Crippen LogP contribution in [0.5, 0.6) is 5.75 Å².